The quantitative estimate of drug-likeness (QED) is 0.251. The molecule has 31 heavy (non-hydrogen) atoms. The van der Waals surface area contributed by atoms with Crippen molar-refractivity contribution < 1.29 is 9.52 Å². The molecular formula is C27H18Br2O2. The second-order valence-electron chi connectivity index (χ2n) is 7.42. The van der Waals surface area contributed by atoms with Crippen LogP contribution in [0.1, 0.15) is 11.3 Å². The van der Waals surface area contributed by atoms with Crippen LogP contribution in [0.5, 0.6) is 5.75 Å². The third-order valence-electron chi connectivity index (χ3n) is 5.40. The Morgan fingerprint density at radius 1 is 0.677 bits per heavy atom. The number of rotatable bonds is 4. The first-order valence-corrected chi connectivity index (χ1v) is 11.5. The van der Waals surface area contributed by atoms with E-state index in [4.69, 9.17) is 4.42 Å². The number of furan rings is 1. The summed E-state index contributed by atoms with van der Waals surface area (Å²) in [7, 11) is 0. The molecule has 0 unspecified atom stereocenters. The Labute approximate surface area is 197 Å². The predicted molar refractivity (Wildman–Crippen MR) is 133 cm³/mol. The van der Waals surface area contributed by atoms with Crippen LogP contribution in [0.4, 0.5) is 0 Å². The minimum absolute atomic E-state index is 0.204. The Balaban J connectivity index is 1.58. The normalized spacial score (nSPS) is 11.2. The van der Waals surface area contributed by atoms with Crippen LogP contribution in [0.3, 0.4) is 0 Å². The minimum Gasteiger partial charge on any atom is -0.506 e. The van der Waals surface area contributed by atoms with Crippen LogP contribution >= 0.6 is 31.9 Å². The van der Waals surface area contributed by atoms with Gasteiger partial charge in [0.15, 0.2) is 0 Å². The van der Waals surface area contributed by atoms with Crippen LogP contribution in [0.15, 0.2) is 104 Å². The molecule has 152 valence electrons. The van der Waals surface area contributed by atoms with Gasteiger partial charge >= 0.3 is 0 Å². The summed E-state index contributed by atoms with van der Waals surface area (Å²) in [5, 5.41) is 11.1. The summed E-state index contributed by atoms with van der Waals surface area (Å²) in [6, 6.07) is 30.9. The van der Waals surface area contributed by atoms with E-state index in [9.17, 15) is 5.11 Å². The highest BCUT2D eigenvalue weighted by atomic mass is 79.9. The molecule has 0 atom stereocenters. The summed E-state index contributed by atoms with van der Waals surface area (Å²) in [6.07, 6.45) is 0.741. The summed E-state index contributed by atoms with van der Waals surface area (Å²) in [5.74, 6) is 1.17. The zero-order valence-electron chi connectivity index (χ0n) is 16.5. The van der Waals surface area contributed by atoms with Gasteiger partial charge in [-0.3, -0.25) is 0 Å². The van der Waals surface area contributed by atoms with E-state index in [0.717, 1.165) is 45.4 Å². The van der Waals surface area contributed by atoms with Crippen molar-refractivity contribution in [1.29, 1.82) is 0 Å². The van der Waals surface area contributed by atoms with Crippen LogP contribution in [0.25, 0.3) is 33.2 Å². The number of phenols is 1. The fraction of sp³-hybridized carbons (Fsp3) is 0.0370. The van der Waals surface area contributed by atoms with Crippen LogP contribution in [0.2, 0.25) is 0 Å². The molecule has 0 aliphatic heterocycles. The van der Waals surface area contributed by atoms with Gasteiger partial charge in [-0.15, -0.1) is 0 Å². The number of hydrogen-bond donors (Lipinski definition) is 1. The van der Waals surface area contributed by atoms with Gasteiger partial charge < -0.3 is 9.52 Å². The molecule has 1 aromatic heterocycles. The van der Waals surface area contributed by atoms with Crippen LogP contribution in [0, 0.1) is 0 Å². The molecule has 4 heteroatoms. The van der Waals surface area contributed by atoms with E-state index >= 15 is 0 Å². The van der Waals surface area contributed by atoms with Crippen LogP contribution in [-0.2, 0) is 6.42 Å². The highest BCUT2D eigenvalue weighted by Gasteiger charge is 2.16. The van der Waals surface area contributed by atoms with Crippen molar-refractivity contribution in [3.05, 3.63) is 111 Å². The van der Waals surface area contributed by atoms with Gasteiger partial charge in [0.25, 0.3) is 0 Å². The number of aromatic hydroxyl groups is 1. The molecule has 5 rings (SSSR count). The summed E-state index contributed by atoms with van der Waals surface area (Å²) in [6.45, 7) is 0. The van der Waals surface area contributed by atoms with Gasteiger partial charge in [0.05, 0.1) is 8.95 Å². The molecule has 0 radical (unpaired) electrons. The molecule has 4 aromatic carbocycles. The van der Waals surface area contributed by atoms with E-state index in [0.29, 0.717) is 8.95 Å². The van der Waals surface area contributed by atoms with Gasteiger partial charge in [0, 0.05) is 17.4 Å². The van der Waals surface area contributed by atoms with E-state index in [1.165, 1.54) is 5.56 Å². The molecule has 0 fully saturated rings. The largest absolute Gasteiger partial charge is 0.506 e. The zero-order valence-corrected chi connectivity index (χ0v) is 19.7. The van der Waals surface area contributed by atoms with E-state index in [2.05, 4.69) is 86.5 Å². The molecule has 0 spiro atoms. The SMILES string of the molecule is Oc1c(Br)cc(-c2ccc(-c3c(Cc4ccccc4)oc4ccccc34)cc2)cc1Br. The molecule has 0 bridgehead atoms. The molecule has 0 aliphatic rings. The summed E-state index contributed by atoms with van der Waals surface area (Å²) in [5.41, 5.74) is 6.47. The maximum atomic E-state index is 9.99. The fourth-order valence-electron chi connectivity index (χ4n) is 3.88. The van der Waals surface area contributed by atoms with Crippen molar-refractivity contribution in [2.45, 2.75) is 6.42 Å². The Bertz CT molecular complexity index is 1350. The number of benzene rings is 4. The molecular weight excluding hydrogens is 516 g/mol. The first-order chi connectivity index (χ1) is 15.1. The van der Waals surface area contributed by atoms with E-state index in [1.807, 2.05) is 36.4 Å². The summed E-state index contributed by atoms with van der Waals surface area (Å²) in [4.78, 5) is 0. The molecule has 0 saturated carbocycles. The van der Waals surface area contributed by atoms with Crippen molar-refractivity contribution in [3.8, 4) is 28.0 Å². The van der Waals surface area contributed by atoms with Gasteiger partial charge in [0.1, 0.15) is 17.1 Å². The number of halogens is 2. The molecule has 0 amide bonds. The summed E-state index contributed by atoms with van der Waals surface area (Å²) < 4.78 is 7.60. The average molecular weight is 534 g/mol. The third kappa shape index (κ3) is 3.93. The second-order valence-corrected chi connectivity index (χ2v) is 9.13. The molecule has 5 aromatic rings. The first kappa shape index (κ1) is 20.1. The molecule has 0 saturated heterocycles. The van der Waals surface area contributed by atoms with Gasteiger partial charge in [-0.2, -0.15) is 0 Å². The van der Waals surface area contributed by atoms with Crippen LogP contribution < -0.4 is 0 Å². The van der Waals surface area contributed by atoms with E-state index in [1.54, 1.807) is 0 Å². The lowest BCUT2D eigenvalue weighted by Gasteiger charge is -2.09. The molecule has 1 N–H and O–H groups in total. The monoisotopic (exact) mass is 532 g/mol. The maximum Gasteiger partial charge on any atom is 0.143 e. The van der Waals surface area contributed by atoms with Crippen molar-refractivity contribution >= 4 is 42.8 Å². The summed E-state index contributed by atoms with van der Waals surface area (Å²) >= 11 is 6.83. The highest BCUT2D eigenvalue weighted by Crippen LogP contribution is 2.39. The maximum absolute atomic E-state index is 9.99. The highest BCUT2D eigenvalue weighted by molar-refractivity contribution is 9.11. The van der Waals surface area contributed by atoms with Gasteiger partial charge in [-0.1, -0.05) is 72.8 Å². The lowest BCUT2D eigenvalue weighted by Crippen LogP contribution is -1.89. The smallest absolute Gasteiger partial charge is 0.143 e. The van der Waals surface area contributed by atoms with E-state index < -0.39 is 0 Å². The fourth-order valence-corrected chi connectivity index (χ4v) is 5.07. The zero-order chi connectivity index (χ0) is 21.4. The van der Waals surface area contributed by atoms with Crippen molar-refractivity contribution in [2.24, 2.45) is 0 Å². The minimum atomic E-state index is 0.204. The van der Waals surface area contributed by atoms with Crippen molar-refractivity contribution in [3.63, 3.8) is 0 Å². The number of para-hydroxylation sites is 1. The van der Waals surface area contributed by atoms with Crippen molar-refractivity contribution in [1.82, 2.24) is 0 Å². The number of phenolic OH excluding ortho intramolecular Hbond substituents is 1. The third-order valence-corrected chi connectivity index (χ3v) is 6.61. The Morgan fingerprint density at radius 2 is 1.29 bits per heavy atom. The average Bonchev–Trinajstić information content (AvgIpc) is 3.15. The lowest BCUT2D eigenvalue weighted by atomic mass is 9.96. The van der Waals surface area contributed by atoms with Crippen molar-refractivity contribution in [2.75, 3.05) is 0 Å². The lowest BCUT2D eigenvalue weighted by molar-refractivity contribution is 0.468. The Hall–Kier alpha value is -2.82. The second kappa shape index (κ2) is 8.37. The molecule has 1 heterocycles. The number of fused-ring (bicyclic) bond motifs is 1. The standard InChI is InChI=1S/C27H18Br2O2/c28-22-15-20(16-23(29)27(22)30)18-10-12-19(13-11-18)26-21-8-4-5-9-24(21)31-25(26)14-17-6-2-1-3-7-17/h1-13,15-16,30H,14H2. The predicted octanol–water partition coefficient (Wildman–Crippen LogP) is 8.59. The van der Waals surface area contributed by atoms with Gasteiger partial charge in [-0.05, 0) is 72.3 Å². The Morgan fingerprint density at radius 3 is 2.00 bits per heavy atom. The molecule has 2 nitrogen and oxygen atoms in total. The van der Waals surface area contributed by atoms with Gasteiger partial charge in [0.2, 0.25) is 0 Å². The molecule has 0 aliphatic carbocycles. The topological polar surface area (TPSA) is 33.4 Å². The Kier molecular flexibility index (Phi) is 5.43. The number of hydrogen-bond acceptors (Lipinski definition) is 2. The van der Waals surface area contributed by atoms with Gasteiger partial charge in [-0.25, -0.2) is 0 Å². The first-order valence-electron chi connectivity index (χ1n) is 9.93. The van der Waals surface area contributed by atoms with E-state index in [-0.39, 0.29) is 5.75 Å². The van der Waals surface area contributed by atoms with Crippen LogP contribution in [-0.4, -0.2) is 5.11 Å².